The van der Waals surface area contributed by atoms with Gasteiger partial charge in [-0.05, 0) is 13.0 Å². The smallest absolute Gasteiger partial charge is 0.338 e. The molecule has 2 heterocycles. The molecule has 0 bridgehead atoms. The van der Waals surface area contributed by atoms with Gasteiger partial charge in [-0.15, -0.1) is 22.7 Å². The SMILES string of the molecule is CC(=O)Nc1nc(C(=O)Nc2sc(C)cc2C(=O)O)cs1. The molecule has 0 aliphatic heterocycles. The number of carbonyl (C=O) groups excluding carboxylic acids is 2. The summed E-state index contributed by atoms with van der Waals surface area (Å²) in [5.41, 5.74) is 0.161. The molecule has 0 fully saturated rings. The van der Waals surface area contributed by atoms with Gasteiger partial charge >= 0.3 is 5.97 Å². The molecule has 0 radical (unpaired) electrons. The maximum absolute atomic E-state index is 12.0. The molecule has 0 atom stereocenters. The average Bonchev–Trinajstić information content (AvgIpc) is 2.95. The molecule has 7 nitrogen and oxygen atoms in total. The maximum Gasteiger partial charge on any atom is 0.338 e. The number of thiazole rings is 1. The van der Waals surface area contributed by atoms with Gasteiger partial charge in [-0.2, -0.15) is 0 Å². The number of aromatic carboxylic acids is 1. The number of aromatic nitrogens is 1. The van der Waals surface area contributed by atoms with Crippen molar-refractivity contribution in [1.82, 2.24) is 4.98 Å². The van der Waals surface area contributed by atoms with Crippen LogP contribution in [0.1, 0.15) is 32.6 Å². The van der Waals surface area contributed by atoms with Crippen LogP contribution in [0.2, 0.25) is 0 Å². The van der Waals surface area contributed by atoms with Crippen LogP contribution in [-0.2, 0) is 4.79 Å². The van der Waals surface area contributed by atoms with E-state index in [2.05, 4.69) is 15.6 Å². The lowest BCUT2D eigenvalue weighted by Crippen LogP contribution is -2.14. The van der Waals surface area contributed by atoms with Crippen LogP contribution < -0.4 is 10.6 Å². The van der Waals surface area contributed by atoms with Crippen molar-refractivity contribution >= 4 is 50.6 Å². The Balaban J connectivity index is 2.16. The molecule has 21 heavy (non-hydrogen) atoms. The van der Waals surface area contributed by atoms with E-state index in [9.17, 15) is 14.4 Å². The highest BCUT2D eigenvalue weighted by atomic mass is 32.1. The zero-order valence-electron chi connectivity index (χ0n) is 11.1. The second kappa shape index (κ2) is 6.02. The zero-order chi connectivity index (χ0) is 15.6. The Bertz CT molecular complexity index is 720. The Morgan fingerprint density at radius 1 is 1.29 bits per heavy atom. The topological polar surface area (TPSA) is 108 Å². The molecule has 0 aliphatic rings. The molecule has 0 saturated heterocycles. The zero-order valence-corrected chi connectivity index (χ0v) is 12.7. The van der Waals surface area contributed by atoms with Gasteiger partial charge in [0.05, 0.1) is 5.56 Å². The maximum atomic E-state index is 12.0. The van der Waals surface area contributed by atoms with E-state index in [4.69, 9.17) is 5.11 Å². The third-order valence-corrected chi connectivity index (χ3v) is 4.06. The summed E-state index contributed by atoms with van der Waals surface area (Å²) in [5.74, 6) is -1.91. The number of hydrogen-bond acceptors (Lipinski definition) is 6. The molecule has 0 saturated carbocycles. The normalized spacial score (nSPS) is 10.2. The highest BCUT2D eigenvalue weighted by Crippen LogP contribution is 2.28. The fourth-order valence-corrected chi connectivity index (χ4v) is 3.15. The molecule has 3 N–H and O–H groups in total. The van der Waals surface area contributed by atoms with E-state index < -0.39 is 11.9 Å². The van der Waals surface area contributed by atoms with Crippen LogP contribution in [0.5, 0.6) is 0 Å². The summed E-state index contributed by atoms with van der Waals surface area (Å²) < 4.78 is 0. The largest absolute Gasteiger partial charge is 0.478 e. The summed E-state index contributed by atoms with van der Waals surface area (Å²) in [6.07, 6.45) is 0. The van der Waals surface area contributed by atoms with Gasteiger partial charge in [0.2, 0.25) is 5.91 Å². The molecule has 2 aromatic rings. The first-order chi connectivity index (χ1) is 9.86. The fraction of sp³-hybridized carbons (Fsp3) is 0.167. The van der Waals surface area contributed by atoms with Crippen molar-refractivity contribution in [3.05, 3.63) is 27.6 Å². The first-order valence-electron chi connectivity index (χ1n) is 5.75. The number of amides is 2. The van der Waals surface area contributed by atoms with E-state index in [0.717, 1.165) is 16.2 Å². The summed E-state index contributed by atoms with van der Waals surface area (Å²) in [6, 6.07) is 1.49. The molecule has 9 heteroatoms. The molecule has 110 valence electrons. The second-order valence-corrected chi connectivity index (χ2v) is 6.19. The van der Waals surface area contributed by atoms with Crippen molar-refractivity contribution in [2.24, 2.45) is 0 Å². The summed E-state index contributed by atoms with van der Waals surface area (Å²) in [5, 5.41) is 16.1. The minimum Gasteiger partial charge on any atom is -0.478 e. The Hall–Kier alpha value is -2.26. The third kappa shape index (κ3) is 3.64. The third-order valence-electron chi connectivity index (χ3n) is 2.33. The van der Waals surface area contributed by atoms with E-state index >= 15 is 0 Å². The van der Waals surface area contributed by atoms with Crippen LogP contribution in [0.3, 0.4) is 0 Å². The molecule has 2 amide bonds. The van der Waals surface area contributed by atoms with Crippen molar-refractivity contribution in [3.8, 4) is 0 Å². The van der Waals surface area contributed by atoms with Gasteiger partial charge < -0.3 is 15.7 Å². The molecule has 0 aromatic carbocycles. The van der Waals surface area contributed by atoms with Crippen molar-refractivity contribution in [2.45, 2.75) is 13.8 Å². The number of carboxylic acids is 1. The van der Waals surface area contributed by atoms with Crippen molar-refractivity contribution in [1.29, 1.82) is 0 Å². The summed E-state index contributed by atoms with van der Waals surface area (Å²) in [4.78, 5) is 38.7. The van der Waals surface area contributed by atoms with Crippen molar-refractivity contribution in [2.75, 3.05) is 10.6 Å². The Labute approximate surface area is 127 Å². The average molecular weight is 325 g/mol. The summed E-state index contributed by atoms with van der Waals surface area (Å²) in [6.45, 7) is 3.10. The Morgan fingerprint density at radius 3 is 2.62 bits per heavy atom. The lowest BCUT2D eigenvalue weighted by Gasteiger charge is -2.01. The molecule has 0 spiro atoms. The molecule has 2 rings (SSSR count). The standard InChI is InChI=1S/C12H11N3O4S2/c1-5-3-7(11(18)19)10(21-5)15-9(17)8-4-20-12(14-8)13-6(2)16/h3-4H,1-2H3,(H,15,17)(H,18,19)(H,13,14,16). The predicted octanol–water partition coefficient (Wildman–Crippen LogP) is 2.42. The van der Waals surface area contributed by atoms with Crippen LogP contribution >= 0.6 is 22.7 Å². The first kappa shape index (κ1) is 15.1. The summed E-state index contributed by atoms with van der Waals surface area (Å²) in [7, 11) is 0. The highest BCUT2D eigenvalue weighted by Gasteiger charge is 2.18. The number of aryl methyl sites for hydroxylation is 1. The molecular formula is C12H11N3O4S2. The number of rotatable bonds is 4. The van der Waals surface area contributed by atoms with Crippen LogP contribution in [0, 0.1) is 6.92 Å². The van der Waals surface area contributed by atoms with E-state index in [0.29, 0.717) is 5.13 Å². The predicted molar refractivity (Wildman–Crippen MR) is 80.4 cm³/mol. The number of hydrogen-bond donors (Lipinski definition) is 3. The van der Waals surface area contributed by atoms with E-state index in [1.165, 1.54) is 29.7 Å². The van der Waals surface area contributed by atoms with Gasteiger partial charge in [0.1, 0.15) is 10.7 Å². The van der Waals surface area contributed by atoms with Gasteiger partial charge in [-0.25, -0.2) is 9.78 Å². The Kier molecular flexibility index (Phi) is 4.34. The van der Waals surface area contributed by atoms with Gasteiger partial charge in [-0.1, -0.05) is 0 Å². The van der Waals surface area contributed by atoms with Gasteiger partial charge in [-0.3, -0.25) is 9.59 Å². The number of anilines is 2. The quantitative estimate of drug-likeness (QED) is 0.800. The van der Waals surface area contributed by atoms with Crippen LogP contribution in [-0.4, -0.2) is 27.9 Å². The number of carbonyl (C=O) groups is 3. The second-order valence-electron chi connectivity index (χ2n) is 4.08. The Morgan fingerprint density at radius 2 is 2.00 bits per heavy atom. The van der Waals surface area contributed by atoms with E-state index in [-0.39, 0.29) is 22.2 Å². The fourth-order valence-electron chi connectivity index (χ4n) is 1.52. The van der Waals surface area contributed by atoms with E-state index in [1.54, 1.807) is 6.92 Å². The molecular weight excluding hydrogens is 314 g/mol. The molecule has 0 aliphatic carbocycles. The van der Waals surface area contributed by atoms with Crippen molar-refractivity contribution in [3.63, 3.8) is 0 Å². The van der Waals surface area contributed by atoms with Gasteiger partial charge in [0, 0.05) is 17.2 Å². The lowest BCUT2D eigenvalue weighted by molar-refractivity contribution is -0.114. The molecule has 2 aromatic heterocycles. The number of nitrogens with zero attached hydrogens (tertiary/aromatic N) is 1. The lowest BCUT2D eigenvalue weighted by atomic mass is 10.3. The van der Waals surface area contributed by atoms with E-state index in [1.807, 2.05) is 0 Å². The number of carboxylic acid groups (broad SMARTS) is 1. The highest BCUT2D eigenvalue weighted by molar-refractivity contribution is 7.16. The minimum absolute atomic E-state index is 0.0446. The van der Waals surface area contributed by atoms with Crippen molar-refractivity contribution < 1.29 is 19.5 Å². The molecule has 0 unspecified atom stereocenters. The minimum atomic E-state index is -1.10. The number of nitrogens with one attached hydrogen (secondary N) is 2. The number of thiophene rings is 1. The summed E-state index contributed by atoms with van der Waals surface area (Å²) >= 11 is 2.29. The van der Waals surface area contributed by atoms with Crippen LogP contribution in [0.4, 0.5) is 10.1 Å². The van der Waals surface area contributed by atoms with Crippen LogP contribution in [0.15, 0.2) is 11.4 Å². The van der Waals surface area contributed by atoms with Crippen LogP contribution in [0.25, 0.3) is 0 Å². The van der Waals surface area contributed by atoms with Gasteiger partial charge in [0.25, 0.3) is 5.91 Å². The first-order valence-corrected chi connectivity index (χ1v) is 7.44. The van der Waals surface area contributed by atoms with Gasteiger partial charge in [0.15, 0.2) is 5.13 Å². The monoisotopic (exact) mass is 325 g/mol.